The molecule has 1 atom stereocenters. The molecule has 1 amide bonds. The fourth-order valence-electron chi connectivity index (χ4n) is 3.06. The molecule has 0 aliphatic rings. The average Bonchev–Trinajstić information content (AvgIpc) is 3.21. The highest BCUT2D eigenvalue weighted by atomic mass is 32.2. The number of aromatic nitrogens is 3. The molecule has 6 nitrogen and oxygen atoms in total. The van der Waals surface area contributed by atoms with E-state index >= 15 is 0 Å². The molecule has 1 heterocycles. The number of nitrogens with zero attached hydrogens (tertiary/aromatic N) is 3. The molecule has 3 aromatic rings. The Labute approximate surface area is 182 Å². The molecule has 30 heavy (non-hydrogen) atoms. The summed E-state index contributed by atoms with van der Waals surface area (Å²) in [4.78, 5) is 12.5. The molecule has 3 rings (SSSR count). The van der Waals surface area contributed by atoms with E-state index in [1.165, 1.54) is 17.3 Å². The van der Waals surface area contributed by atoms with Crippen LogP contribution >= 0.6 is 11.8 Å². The molecule has 7 heteroatoms. The Morgan fingerprint density at radius 2 is 1.90 bits per heavy atom. The van der Waals surface area contributed by atoms with Gasteiger partial charge in [0.15, 0.2) is 5.16 Å². The molecule has 0 radical (unpaired) electrons. The van der Waals surface area contributed by atoms with Crippen molar-refractivity contribution in [2.75, 3.05) is 12.4 Å². The number of amides is 1. The summed E-state index contributed by atoms with van der Waals surface area (Å²) in [5.74, 6) is 1.49. The van der Waals surface area contributed by atoms with E-state index in [9.17, 15) is 4.79 Å². The first-order valence-corrected chi connectivity index (χ1v) is 11.1. The summed E-state index contributed by atoms with van der Waals surface area (Å²) in [7, 11) is 0. The Balaban J connectivity index is 1.59. The van der Waals surface area contributed by atoms with Crippen molar-refractivity contribution < 1.29 is 9.53 Å². The van der Waals surface area contributed by atoms with Gasteiger partial charge in [0.25, 0.3) is 0 Å². The molecule has 1 unspecified atom stereocenters. The summed E-state index contributed by atoms with van der Waals surface area (Å²) in [5.41, 5.74) is 3.27. The van der Waals surface area contributed by atoms with Crippen molar-refractivity contribution >= 4 is 17.7 Å². The standard InChI is InChI=1S/C23H28N4O2S/c1-5-29-21-8-6-7-19(13-21)17(4)25-22(28)14-30-23-26-24-15-27(23)20-11-9-18(10-12-20)16(2)3/h6-13,15-17H,5,14H2,1-4H3,(H,25,28). The number of hydrogen-bond acceptors (Lipinski definition) is 5. The second kappa shape index (κ2) is 10.3. The molecule has 158 valence electrons. The van der Waals surface area contributed by atoms with Crippen LogP contribution in [0.25, 0.3) is 5.69 Å². The second-order valence-electron chi connectivity index (χ2n) is 7.31. The molecule has 0 fully saturated rings. The maximum absolute atomic E-state index is 12.5. The molecule has 0 saturated carbocycles. The first-order chi connectivity index (χ1) is 14.5. The minimum atomic E-state index is -0.111. The van der Waals surface area contributed by atoms with E-state index in [2.05, 4.69) is 53.6 Å². The van der Waals surface area contributed by atoms with Crippen LogP contribution in [-0.2, 0) is 4.79 Å². The summed E-state index contributed by atoms with van der Waals surface area (Å²) in [6.45, 7) is 8.87. The minimum absolute atomic E-state index is 0.0565. The maximum Gasteiger partial charge on any atom is 0.230 e. The Morgan fingerprint density at radius 1 is 1.13 bits per heavy atom. The molecule has 1 N–H and O–H groups in total. The summed E-state index contributed by atoms with van der Waals surface area (Å²) >= 11 is 1.37. The summed E-state index contributed by atoms with van der Waals surface area (Å²) in [6, 6.07) is 16.0. The van der Waals surface area contributed by atoms with Crippen LogP contribution in [0.4, 0.5) is 0 Å². The predicted molar refractivity (Wildman–Crippen MR) is 120 cm³/mol. The summed E-state index contributed by atoms with van der Waals surface area (Å²) < 4.78 is 7.44. The van der Waals surface area contributed by atoms with Gasteiger partial charge in [0.2, 0.25) is 5.91 Å². The average molecular weight is 425 g/mol. The van der Waals surface area contributed by atoms with Gasteiger partial charge >= 0.3 is 0 Å². The molecule has 0 saturated heterocycles. The SMILES string of the molecule is CCOc1cccc(C(C)NC(=O)CSc2nncn2-c2ccc(C(C)C)cc2)c1. The Kier molecular flexibility index (Phi) is 7.52. The zero-order valence-electron chi connectivity index (χ0n) is 17.8. The van der Waals surface area contributed by atoms with Gasteiger partial charge in [0.05, 0.1) is 18.4 Å². The predicted octanol–water partition coefficient (Wildman–Crippen LogP) is 4.76. The van der Waals surface area contributed by atoms with E-state index in [0.717, 1.165) is 17.0 Å². The van der Waals surface area contributed by atoms with Gasteiger partial charge in [0.1, 0.15) is 12.1 Å². The lowest BCUT2D eigenvalue weighted by molar-refractivity contribution is -0.119. The molecule has 1 aromatic heterocycles. The zero-order valence-corrected chi connectivity index (χ0v) is 18.6. The van der Waals surface area contributed by atoms with Crippen LogP contribution in [0, 0.1) is 0 Å². The fraction of sp³-hybridized carbons (Fsp3) is 0.348. The highest BCUT2D eigenvalue weighted by Crippen LogP contribution is 2.23. The van der Waals surface area contributed by atoms with Crippen LogP contribution < -0.4 is 10.1 Å². The Morgan fingerprint density at radius 3 is 2.60 bits per heavy atom. The van der Waals surface area contributed by atoms with Crippen LogP contribution in [0.1, 0.15) is 50.8 Å². The zero-order chi connectivity index (χ0) is 21.5. The number of carbonyl (C=O) groups is 1. The van der Waals surface area contributed by atoms with E-state index in [1.807, 2.05) is 42.7 Å². The van der Waals surface area contributed by atoms with Crippen molar-refractivity contribution in [3.8, 4) is 11.4 Å². The van der Waals surface area contributed by atoms with Gasteiger partial charge in [-0.25, -0.2) is 0 Å². The smallest absolute Gasteiger partial charge is 0.230 e. The maximum atomic E-state index is 12.5. The summed E-state index contributed by atoms with van der Waals surface area (Å²) in [5, 5.41) is 11.9. The van der Waals surface area contributed by atoms with Crippen molar-refractivity contribution in [2.45, 2.75) is 44.8 Å². The number of ether oxygens (including phenoxy) is 1. The van der Waals surface area contributed by atoms with Gasteiger partial charge in [-0.3, -0.25) is 9.36 Å². The minimum Gasteiger partial charge on any atom is -0.494 e. The Bertz CT molecular complexity index is 969. The number of rotatable bonds is 9. The van der Waals surface area contributed by atoms with Crippen molar-refractivity contribution in [1.29, 1.82) is 0 Å². The van der Waals surface area contributed by atoms with Gasteiger partial charge in [0, 0.05) is 5.69 Å². The van der Waals surface area contributed by atoms with Crippen molar-refractivity contribution in [3.63, 3.8) is 0 Å². The van der Waals surface area contributed by atoms with E-state index in [4.69, 9.17) is 4.74 Å². The normalized spacial score (nSPS) is 12.0. The second-order valence-corrected chi connectivity index (χ2v) is 8.26. The molecular formula is C23H28N4O2S. The molecule has 0 aliphatic heterocycles. The molecule has 0 spiro atoms. The van der Waals surface area contributed by atoms with Crippen LogP contribution in [0.5, 0.6) is 5.75 Å². The van der Waals surface area contributed by atoms with Gasteiger partial charge in [-0.2, -0.15) is 0 Å². The van der Waals surface area contributed by atoms with Crippen molar-refractivity contribution in [2.24, 2.45) is 0 Å². The lowest BCUT2D eigenvalue weighted by Gasteiger charge is -2.15. The van der Waals surface area contributed by atoms with Crippen LogP contribution in [0.15, 0.2) is 60.0 Å². The van der Waals surface area contributed by atoms with E-state index < -0.39 is 0 Å². The van der Waals surface area contributed by atoms with Crippen LogP contribution in [-0.4, -0.2) is 33.0 Å². The van der Waals surface area contributed by atoms with Gasteiger partial charge in [-0.1, -0.05) is 49.9 Å². The molecule has 2 aromatic carbocycles. The third-order valence-electron chi connectivity index (χ3n) is 4.73. The van der Waals surface area contributed by atoms with E-state index in [-0.39, 0.29) is 17.7 Å². The lowest BCUT2D eigenvalue weighted by Crippen LogP contribution is -2.28. The number of benzene rings is 2. The molecule has 0 aliphatic carbocycles. The highest BCUT2D eigenvalue weighted by Gasteiger charge is 2.14. The van der Waals surface area contributed by atoms with Crippen LogP contribution in [0.3, 0.4) is 0 Å². The van der Waals surface area contributed by atoms with Crippen molar-refractivity contribution in [1.82, 2.24) is 20.1 Å². The van der Waals surface area contributed by atoms with Gasteiger partial charge < -0.3 is 10.1 Å². The summed E-state index contributed by atoms with van der Waals surface area (Å²) in [6.07, 6.45) is 1.67. The highest BCUT2D eigenvalue weighted by molar-refractivity contribution is 7.99. The largest absolute Gasteiger partial charge is 0.494 e. The topological polar surface area (TPSA) is 69.0 Å². The van der Waals surface area contributed by atoms with E-state index in [0.29, 0.717) is 17.7 Å². The Hall–Kier alpha value is -2.80. The molecule has 0 bridgehead atoms. The van der Waals surface area contributed by atoms with Gasteiger partial charge in [-0.15, -0.1) is 10.2 Å². The third-order valence-corrected chi connectivity index (χ3v) is 5.68. The fourth-order valence-corrected chi connectivity index (χ4v) is 3.80. The molecular weight excluding hydrogens is 396 g/mol. The number of nitrogens with one attached hydrogen (secondary N) is 1. The number of hydrogen-bond donors (Lipinski definition) is 1. The van der Waals surface area contributed by atoms with Gasteiger partial charge in [-0.05, 0) is 55.2 Å². The van der Waals surface area contributed by atoms with Crippen LogP contribution in [0.2, 0.25) is 0 Å². The lowest BCUT2D eigenvalue weighted by atomic mass is 10.0. The number of carbonyl (C=O) groups excluding carboxylic acids is 1. The van der Waals surface area contributed by atoms with E-state index in [1.54, 1.807) is 6.33 Å². The quantitative estimate of drug-likeness (QED) is 0.502. The monoisotopic (exact) mass is 424 g/mol. The first kappa shape index (κ1) is 21.9. The first-order valence-electron chi connectivity index (χ1n) is 10.1. The van der Waals surface area contributed by atoms with Crippen molar-refractivity contribution in [3.05, 3.63) is 66.0 Å². The number of thioether (sulfide) groups is 1. The third kappa shape index (κ3) is 5.63.